The zero-order valence-electron chi connectivity index (χ0n) is 15.3. The summed E-state index contributed by atoms with van der Waals surface area (Å²) in [6.07, 6.45) is 4.77. The minimum Gasteiger partial charge on any atom is -0.488 e. The second kappa shape index (κ2) is 7.95. The summed E-state index contributed by atoms with van der Waals surface area (Å²) in [5.41, 5.74) is 3.49. The summed E-state index contributed by atoms with van der Waals surface area (Å²) in [5.74, 6) is 1.76. The molecule has 0 amide bonds. The first-order chi connectivity index (χ1) is 13.3. The molecule has 3 aromatic rings. The molecule has 4 rings (SSSR count). The molecular formula is C21H23N5O. The SMILES string of the molecule is CN=C(NCc1ccc(-n2cccn2)cc1)NCC1Cc2ccccc2O1. The molecule has 1 aliphatic rings. The average molecular weight is 361 g/mol. The lowest BCUT2D eigenvalue weighted by Gasteiger charge is -2.15. The van der Waals surface area contributed by atoms with Crippen molar-refractivity contribution in [3.05, 3.63) is 78.1 Å². The number of aliphatic imine (C=N–C) groups is 1. The standard InChI is InChI=1S/C21H23N5O/c1-22-21(24-15-19-13-17-5-2-3-6-20(17)27-19)23-14-16-7-9-18(10-8-16)26-12-4-11-25-26/h2-12,19H,13-15H2,1H3,(H2,22,23,24). The van der Waals surface area contributed by atoms with Gasteiger partial charge in [0.25, 0.3) is 0 Å². The Morgan fingerprint density at radius 1 is 1.15 bits per heavy atom. The Kier molecular flexibility index (Phi) is 5.05. The fraction of sp³-hybridized carbons (Fsp3) is 0.238. The molecule has 1 aliphatic heterocycles. The molecule has 27 heavy (non-hydrogen) atoms. The normalized spacial score (nSPS) is 15.9. The third-order valence-corrected chi connectivity index (χ3v) is 4.60. The molecule has 6 heteroatoms. The van der Waals surface area contributed by atoms with Crippen molar-refractivity contribution in [3.8, 4) is 11.4 Å². The van der Waals surface area contributed by atoms with E-state index in [0.29, 0.717) is 13.1 Å². The molecule has 0 aliphatic carbocycles. The Morgan fingerprint density at radius 2 is 2.00 bits per heavy atom. The third-order valence-electron chi connectivity index (χ3n) is 4.60. The van der Waals surface area contributed by atoms with Crippen LogP contribution in [0.5, 0.6) is 5.75 Å². The molecule has 1 atom stereocenters. The number of para-hydroxylation sites is 1. The molecule has 2 N–H and O–H groups in total. The van der Waals surface area contributed by atoms with Crippen LogP contribution < -0.4 is 15.4 Å². The van der Waals surface area contributed by atoms with E-state index in [4.69, 9.17) is 4.74 Å². The molecule has 0 bridgehead atoms. The topological polar surface area (TPSA) is 63.5 Å². The molecule has 2 heterocycles. The van der Waals surface area contributed by atoms with E-state index in [0.717, 1.165) is 23.8 Å². The Balaban J connectivity index is 1.26. The Labute approximate surface area is 158 Å². The largest absolute Gasteiger partial charge is 0.488 e. The third kappa shape index (κ3) is 4.11. The fourth-order valence-electron chi connectivity index (χ4n) is 3.17. The van der Waals surface area contributed by atoms with Crippen molar-refractivity contribution in [3.63, 3.8) is 0 Å². The van der Waals surface area contributed by atoms with Gasteiger partial charge in [-0.15, -0.1) is 0 Å². The number of benzene rings is 2. The maximum Gasteiger partial charge on any atom is 0.191 e. The average Bonchev–Trinajstić information content (AvgIpc) is 3.38. The van der Waals surface area contributed by atoms with Gasteiger partial charge < -0.3 is 15.4 Å². The zero-order valence-corrected chi connectivity index (χ0v) is 15.3. The van der Waals surface area contributed by atoms with Gasteiger partial charge in [0.15, 0.2) is 5.96 Å². The van der Waals surface area contributed by atoms with Crippen LogP contribution in [0.25, 0.3) is 5.69 Å². The van der Waals surface area contributed by atoms with E-state index < -0.39 is 0 Å². The molecular weight excluding hydrogens is 338 g/mol. The van der Waals surface area contributed by atoms with Crippen LogP contribution in [0, 0.1) is 0 Å². The molecule has 1 aromatic heterocycles. The first-order valence-corrected chi connectivity index (χ1v) is 9.10. The van der Waals surface area contributed by atoms with E-state index >= 15 is 0 Å². The van der Waals surface area contributed by atoms with Crippen LogP contribution >= 0.6 is 0 Å². The van der Waals surface area contributed by atoms with Gasteiger partial charge in [0.1, 0.15) is 11.9 Å². The minimum atomic E-state index is 0.134. The summed E-state index contributed by atoms with van der Waals surface area (Å²) < 4.78 is 7.80. The number of ether oxygens (including phenoxy) is 1. The molecule has 0 saturated heterocycles. The van der Waals surface area contributed by atoms with Crippen molar-refractivity contribution in [1.29, 1.82) is 0 Å². The Hall–Kier alpha value is -3.28. The quantitative estimate of drug-likeness (QED) is 0.542. The van der Waals surface area contributed by atoms with Crippen LogP contribution in [-0.4, -0.2) is 35.4 Å². The number of rotatable bonds is 5. The number of hydrogen-bond donors (Lipinski definition) is 2. The van der Waals surface area contributed by atoms with Crippen molar-refractivity contribution in [2.45, 2.75) is 19.1 Å². The molecule has 0 spiro atoms. The van der Waals surface area contributed by atoms with Crippen molar-refractivity contribution < 1.29 is 4.74 Å². The van der Waals surface area contributed by atoms with Gasteiger partial charge in [-0.25, -0.2) is 4.68 Å². The highest BCUT2D eigenvalue weighted by Crippen LogP contribution is 2.27. The molecule has 6 nitrogen and oxygen atoms in total. The molecule has 0 radical (unpaired) electrons. The highest BCUT2D eigenvalue weighted by Gasteiger charge is 2.22. The van der Waals surface area contributed by atoms with Crippen LogP contribution in [0.1, 0.15) is 11.1 Å². The first-order valence-electron chi connectivity index (χ1n) is 9.10. The predicted molar refractivity (Wildman–Crippen MR) is 106 cm³/mol. The van der Waals surface area contributed by atoms with Crippen LogP contribution in [0.4, 0.5) is 0 Å². The van der Waals surface area contributed by atoms with Gasteiger partial charge in [-0.2, -0.15) is 5.10 Å². The van der Waals surface area contributed by atoms with Crippen LogP contribution in [0.15, 0.2) is 72.0 Å². The van der Waals surface area contributed by atoms with Crippen molar-refractivity contribution in [2.24, 2.45) is 4.99 Å². The van der Waals surface area contributed by atoms with Gasteiger partial charge in [-0.05, 0) is 35.4 Å². The first kappa shape index (κ1) is 17.1. The monoisotopic (exact) mass is 361 g/mol. The smallest absolute Gasteiger partial charge is 0.191 e. The minimum absolute atomic E-state index is 0.134. The van der Waals surface area contributed by atoms with Gasteiger partial charge in [0, 0.05) is 32.4 Å². The maximum absolute atomic E-state index is 5.96. The molecule has 0 fully saturated rings. The number of aromatic nitrogens is 2. The number of fused-ring (bicyclic) bond motifs is 1. The Bertz CT molecular complexity index is 878. The Morgan fingerprint density at radius 3 is 2.74 bits per heavy atom. The van der Waals surface area contributed by atoms with Crippen molar-refractivity contribution in [2.75, 3.05) is 13.6 Å². The van der Waals surface area contributed by atoms with Gasteiger partial charge in [0.2, 0.25) is 0 Å². The summed E-state index contributed by atoms with van der Waals surface area (Å²) in [6, 6.07) is 18.4. The highest BCUT2D eigenvalue weighted by molar-refractivity contribution is 5.79. The fourth-order valence-corrected chi connectivity index (χ4v) is 3.17. The summed E-state index contributed by atoms with van der Waals surface area (Å²) in [4.78, 5) is 4.30. The van der Waals surface area contributed by atoms with E-state index in [-0.39, 0.29) is 6.10 Å². The van der Waals surface area contributed by atoms with E-state index in [1.807, 2.05) is 29.1 Å². The van der Waals surface area contributed by atoms with E-state index in [1.165, 1.54) is 11.1 Å². The maximum atomic E-state index is 5.96. The van der Waals surface area contributed by atoms with Gasteiger partial charge in [-0.3, -0.25) is 4.99 Å². The summed E-state index contributed by atoms with van der Waals surface area (Å²) in [7, 11) is 1.78. The number of hydrogen-bond acceptors (Lipinski definition) is 3. The second-order valence-corrected chi connectivity index (χ2v) is 6.48. The van der Waals surface area contributed by atoms with Crippen LogP contribution in [-0.2, 0) is 13.0 Å². The lowest BCUT2D eigenvalue weighted by atomic mass is 10.1. The zero-order chi connectivity index (χ0) is 18.5. The van der Waals surface area contributed by atoms with E-state index in [9.17, 15) is 0 Å². The van der Waals surface area contributed by atoms with Crippen LogP contribution in [0.3, 0.4) is 0 Å². The second-order valence-electron chi connectivity index (χ2n) is 6.48. The van der Waals surface area contributed by atoms with Gasteiger partial charge >= 0.3 is 0 Å². The number of nitrogens with one attached hydrogen (secondary N) is 2. The van der Waals surface area contributed by atoms with Crippen molar-refractivity contribution in [1.82, 2.24) is 20.4 Å². The summed E-state index contributed by atoms with van der Waals surface area (Å²) in [6.45, 7) is 1.41. The number of nitrogens with zero attached hydrogens (tertiary/aromatic N) is 3. The molecule has 0 saturated carbocycles. The summed E-state index contributed by atoms with van der Waals surface area (Å²) >= 11 is 0. The lowest BCUT2D eigenvalue weighted by molar-refractivity contribution is 0.235. The lowest BCUT2D eigenvalue weighted by Crippen LogP contribution is -2.41. The van der Waals surface area contributed by atoms with Gasteiger partial charge in [0.05, 0.1) is 12.2 Å². The van der Waals surface area contributed by atoms with Crippen molar-refractivity contribution >= 4 is 5.96 Å². The number of guanidine groups is 1. The van der Waals surface area contributed by atoms with Gasteiger partial charge in [-0.1, -0.05) is 30.3 Å². The highest BCUT2D eigenvalue weighted by atomic mass is 16.5. The molecule has 138 valence electrons. The van der Waals surface area contributed by atoms with E-state index in [1.54, 1.807) is 13.2 Å². The molecule has 2 aromatic carbocycles. The van der Waals surface area contributed by atoms with Crippen LogP contribution in [0.2, 0.25) is 0 Å². The molecule has 1 unspecified atom stereocenters. The summed E-state index contributed by atoms with van der Waals surface area (Å²) in [5, 5.41) is 10.9. The van der Waals surface area contributed by atoms with E-state index in [2.05, 4.69) is 57.1 Å². The predicted octanol–water partition coefficient (Wildman–Crippen LogP) is 2.54.